The van der Waals surface area contributed by atoms with Crippen molar-refractivity contribution in [2.24, 2.45) is 0 Å². The Morgan fingerprint density at radius 3 is 2.37 bits per heavy atom. The van der Waals surface area contributed by atoms with Crippen molar-refractivity contribution in [3.8, 4) is 11.1 Å². The molecule has 2 heterocycles. The summed E-state index contributed by atoms with van der Waals surface area (Å²) in [5, 5.41) is 0. The van der Waals surface area contributed by atoms with Crippen LogP contribution < -0.4 is 0 Å². The van der Waals surface area contributed by atoms with Gasteiger partial charge in [0.15, 0.2) is 0 Å². The molecule has 2 aromatic rings. The maximum atomic E-state index is 13.9. The summed E-state index contributed by atoms with van der Waals surface area (Å²) in [5.74, 6) is -0.375. The van der Waals surface area contributed by atoms with E-state index in [9.17, 15) is 14.4 Å². The van der Waals surface area contributed by atoms with E-state index in [2.05, 4.69) is 0 Å². The number of methoxy groups -OCH3 is 1. The number of rotatable bonds is 8. The van der Waals surface area contributed by atoms with Crippen LogP contribution in [0.25, 0.3) is 11.1 Å². The average molecular weight is 475 g/mol. The minimum Gasteiger partial charge on any atom is -0.385 e. The number of hydrogen-bond acceptors (Lipinski definition) is 4. The van der Waals surface area contributed by atoms with Gasteiger partial charge in [-0.1, -0.05) is 54.6 Å². The number of amides is 3. The number of carbonyl (C=O) groups is 3. The van der Waals surface area contributed by atoms with Gasteiger partial charge >= 0.3 is 0 Å². The van der Waals surface area contributed by atoms with E-state index in [-0.39, 0.29) is 42.6 Å². The molecule has 2 atom stereocenters. The molecule has 6 nitrogen and oxygen atoms in total. The van der Waals surface area contributed by atoms with Crippen LogP contribution in [0.15, 0.2) is 54.6 Å². The zero-order chi connectivity index (χ0) is 24.4. The maximum Gasteiger partial charge on any atom is 0.241 e. The SMILES string of the molecule is COCC[C@@H]1CCCCN1C(=O)C[C@@]1(c2ccc(-c3ccccc3)cc2)CC(=O)N(C2CC2)C1=O. The molecule has 1 aliphatic carbocycles. The number of piperidine rings is 1. The standard InChI is InChI=1S/C29H34N2O4/c1-35-18-16-24-9-5-6-17-30(24)26(32)19-29(20-27(33)31(28(29)34)25-14-15-25)23-12-10-22(11-13-23)21-7-3-2-4-8-21/h2-4,7-8,10-13,24-25H,5-6,9,14-20H2,1H3/t24-,29-/m0/s1. The smallest absolute Gasteiger partial charge is 0.241 e. The van der Waals surface area contributed by atoms with E-state index in [1.807, 2.05) is 59.5 Å². The van der Waals surface area contributed by atoms with Gasteiger partial charge in [0.2, 0.25) is 17.7 Å². The third kappa shape index (κ3) is 4.64. The molecule has 5 rings (SSSR count). The fraction of sp³-hybridized carbons (Fsp3) is 0.483. The first-order chi connectivity index (χ1) is 17.0. The van der Waals surface area contributed by atoms with Gasteiger partial charge in [-0.2, -0.15) is 0 Å². The summed E-state index contributed by atoms with van der Waals surface area (Å²) in [5.41, 5.74) is 1.77. The van der Waals surface area contributed by atoms with Crippen LogP contribution in [-0.2, 0) is 24.5 Å². The van der Waals surface area contributed by atoms with E-state index in [1.165, 1.54) is 4.90 Å². The van der Waals surface area contributed by atoms with E-state index < -0.39 is 5.41 Å². The van der Waals surface area contributed by atoms with E-state index in [0.717, 1.165) is 55.2 Å². The van der Waals surface area contributed by atoms with Crippen LogP contribution in [0.1, 0.15) is 56.9 Å². The summed E-state index contributed by atoms with van der Waals surface area (Å²) >= 11 is 0. The number of ether oxygens (including phenoxy) is 1. The highest BCUT2D eigenvalue weighted by molar-refractivity contribution is 6.11. The maximum absolute atomic E-state index is 13.9. The first-order valence-electron chi connectivity index (χ1n) is 12.8. The fourth-order valence-corrected chi connectivity index (χ4v) is 5.79. The van der Waals surface area contributed by atoms with Gasteiger partial charge in [-0.15, -0.1) is 0 Å². The Kier molecular flexibility index (Phi) is 6.74. The van der Waals surface area contributed by atoms with Gasteiger partial charge in [0, 0.05) is 45.2 Å². The fourth-order valence-electron chi connectivity index (χ4n) is 5.79. The van der Waals surface area contributed by atoms with Crippen LogP contribution in [0.4, 0.5) is 0 Å². The van der Waals surface area contributed by atoms with Crippen LogP contribution in [0.3, 0.4) is 0 Å². The molecule has 0 N–H and O–H groups in total. The molecule has 2 aromatic carbocycles. The molecule has 0 unspecified atom stereocenters. The number of imide groups is 1. The van der Waals surface area contributed by atoms with Crippen molar-refractivity contribution in [1.82, 2.24) is 9.80 Å². The van der Waals surface area contributed by atoms with Crippen LogP contribution in [0.2, 0.25) is 0 Å². The predicted molar refractivity (Wildman–Crippen MR) is 134 cm³/mol. The van der Waals surface area contributed by atoms with Crippen LogP contribution >= 0.6 is 0 Å². The van der Waals surface area contributed by atoms with Crippen molar-refractivity contribution in [3.05, 3.63) is 60.2 Å². The molecule has 3 aliphatic rings. The second kappa shape index (κ2) is 9.94. The van der Waals surface area contributed by atoms with Gasteiger partial charge < -0.3 is 9.64 Å². The van der Waals surface area contributed by atoms with Crippen molar-refractivity contribution in [2.75, 3.05) is 20.3 Å². The quantitative estimate of drug-likeness (QED) is 0.535. The first kappa shape index (κ1) is 23.7. The lowest BCUT2D eigenvalue weighted by atomic mass is 9.75. The summed E-state index contributed by atoms with van der Waals surface area (Å²) in [4.78, 5) is 44.1. The highest BCUT2D eigenvalue weighted by Gasteiger charge is 2.57. The van der Waals surface area contributed by atoms with E-state index in [1.54, 1.807) is 7.11 Å². The number of nitrogens with zero attached hydrogens (tertiary/aromatic N) is 2. The third-order valence-corrected chi connectivity index (χ3v) is 7.86. The minimum atomic E-state index is -1.13. The minimum absolute atomic E-state index is 0.00000660. The summed E-state index contributed by atoms with van der Waals surface area (Å²) in [6.45, 7) is 1.30. The molecule has 2 saturated heterocycles. The predicted octanol–water partition coefficient (Wildman–Crippen LogP) is 4.32. The molecule has 1 saturated carbocycles. The van der Waals surface area contributed by atoms with Crippen LogP contribution in [0, 0.1) is 0 Å². The Labute approximate surface area is 207 Å². The van der Waals surface area contributed by atoms with E-state index in [4.69, 9.17) is 4.74 Å². The van der Waals surface area contributed by atoms with Gasteiger partial charge in [0.05, 0.1) is 5.41 Å². The van der Waals surface area contributed by atoms with Gasteiger partial charge in [-0.25, -0.2) is 0 Å². The number of carbonyl (C=O) groups excluding carboxylic acids is 3. The molecular formula is C29H34N2O4. The molecule has 0 aromatic heterocycles. The summed E-state index contributed by atoms with van der Waals surface area (Å²) in [6, 6.07) is 18.1. The molecule has 184 valence electrons. The molecule has 6 heteroatoms. The van der Waals surface area contributed by atoms with Crippen molar-refractivity contribution in [2.45, 2.75) is 68.9 Å². The Hall–Kier alpha value is -2.99. The Morgan fingerprint density at radius 2 is 1.69 bits per heavy atom. The van der Waals surface area contributed by atoms with Gasteiger partial charge in [0.1, 0.15) is 0 Å². The number of benzene rings is 2. The molecule has 0 spiro atoms. The molecule has 0 bridgehead atoms. The van der Waals surface area contributed by atoms with Gasteiger partial charge in [-0.05, 0) is 55.2 Å². The monoisotopic (exact) mass is 474 g/mol. The second-order valence-electron chi connectivity index (χ2n) is 10.2. The summed E-state index contributed by atoms with van der Waals surface area (Å²) in [6.07, 6.45) is 5.63. The zero-order valence-electron chi connectivity index (χ0n) is 20.4. The molecule has 3 fully saturated rings. The molecular weight excluding hydrogens is 440 g/mol. The highest BCUT2D eigenvalue weighted by atomic mass is 16.5. The van der Waals surface area contributed by atoms with Crippen molar-refractivity contribution < 1.29 is 19.1 Å². The number of hydrogen-bond donors (Lipinski definition) is 0. The van der Waals surface area contributed by atoms with E-state index in [0.29, 0.717) is 13.2 Å². The summed E-state index contributed by atoms with van der Waals surface area (Å²) in [7, 11) is 1.68. The average Bonchev–Trinajstić information content (AvgIpc) is 3.69. The molecule has 35 heavy (non-hydrogen) atoms. The van der Waals surface area contributed by atoms with Gasteiger partial charge in [0.25, 0.3) is 0 Å². The molecule has 3 amide bonds. The highest BCUT2D eigenvalue weighted by Crippen LogP contribution is 2.45. The van der Waals surface area contributed by atoms with Crippen molar-refractivity contribution in [1.29, 1.82) is 0 Å². The van der Waals surface area contributed by atoms with Crippen molar-refractivity contribution in [3.63, 3.8) is 0 Å². The Morgan fingerprint density at radius 1 is 0.971 bits per heavy atom. The molecule has 0 radical (unpaired) electrons. The topological polar surface area (TPSA) is 66.9 Å². The van der Waals surface area contributed by atoms with Gasteiger partial charge in [-0.3, -0.25) is 19.3 Å². The normalized spacial score (nSPS) is 24.8. The number of likely N-dealkylation sites (tertiary alicyclic amines) is 2. The second-order valence-corrected chi connectivity index (χ2v) is 10.2. The van der Waals surface area contributed by atoms with Crippen LogP contribution in [-0.4, -0.2) is 59.9 Å². The summed E-state index contributed by atoms with van der Waals surface area (Å²) < 4.78 is 5.28. The Bertz CT molecular complexity index is 1080. The lowest BCUT2D eigenvalue weighted by Gasteiger charge is -2.38. The van der Waals surface area contributed by atoms with Crippen LogP contribution in [0.5, 0.6) is 0 Å². The third-order valence-electron chi connectivity index (χ3n) is 7.86. The Balaban J connectivity index is 1.46. The molecule has 2 aliphatic heterocycles. The van der Waals surface area contributed by atoms with Crippen molar-refractivity contribution >= 4 is 17.7 Å². The van der Waals surface area contributed by atoms with E-state index >= 15 is 0 Å². The first-order valence-corrected chi connectivity index (χ1v) is 12.8. The lowest BCUT2D eigenvalue weighted by Crippen LogP contribution is -2.48. The lowest BCUT2D eigenvalue weighted by molar-refractivity contribution is -0.144. The zero-order valence-corrected chi connectivity index (χ0v) is 20.4. The largest absolute Gasteiger partial charge is 0.385 e.